The van der Waals surface area contributed by atoms with Gasteiger partial charge in [0.05, 0.1) is 19.1 Å². The molecule has 0 saturated carbocycles. The smallest absolute Gasteiger partial charge is 0.328 e. The van der Waals surface area contributed by atoms with Crippen LogP contribution in [0.2, 0.25) is 0 Å². The van der Waals surface area contributed by atoms with E-state index in [0.29, 0.717) is 0 Å². The lowest BCUT2D eigenvalue weighted by Gasteiger charge is -2.21. The molecule has 0 unspecified atom stereocenters. The van der Waals surface area contributed by atoms with E-state index >= 15 is 0 Å². The summed E-state index contributed by atoms with van der Waals surface area (Å²) in [5.74, 6) is -4.01. The molecular weight excluding hydrogens is 344 g/mol. The molecular formula is C16H22N4O6. The number of nitrogens with two attached hydrogens (primary N) is 2. The van der Waals surface area contributed by atoms with Crippen molar-refractivity contribution in [2.45, 2.75) is 31.0 Å². The van der Waals surface area contributed by atoms with Crippen LogP contribution in [0.5, 0.6) is 0 Å². The highest BCUT2D eigenvalue weighted by molar-refractivity contribution is 5.94. The van der Waals surface area contributed by atoms with Gasteiger partial charge in [0.2, 0.25) is 17.7 Å². The second-order valence-electron chi connectivity index (χ2n) is 5.61. The molecule has 0 heterocycles. The number of aliphatic carboxylic acids is 1. The number of aliphatic hydroxyl groups is 1. The number of benzene rings is 1. The lowest BCUT2D eigenvalue weighted by atomic mass is 10.1. The molecule has 0 aromatic heterocycles. The van der Waals surface area contributed by atoms with Gasteiger partial charge < -0.3 is 32.3 Å². The van der Waals surface area contributed by atoms with E-state index in [1.807, 2.05) is 11.4 Å². The van der Waals surface area contributed by atoms with Crippen molar-refractivity contribution < 1.29 is 29.4 Å². The Morgan fingerprint density at radius 2 is 1.58 bits per heavy atom. The minimum atomic E-state index is -1.58. The number of carboxylic acid groups (broad SMARTS) is 1. The van der Waals surface area contributed by atoms with Crippen molar-refractivity contribution >= 4 is 23.7 Å². The van der Waals surface area contributed by atoms with Crippen LogP contribution in [0.4, 0.5) is 0 Å². The Morgan fingerprint density at radius 3 is 2.08 bits per heavy atom. The summed E-state index contributed by atoms with van der Waals surface area (Å²) in [6, 6.07) is 4.95. The number of hydrogen-bond donors (Lipinski definition) is 6. The summed E-state index contributed by atoms with van der Waals surface area (Å²) in [6.07, 6.45) is -0.348. The third-order valence-corrected chi connectivity index (χ3v) is 3.47. The van der Waals surface area contributed by atoms with Crippen molar-refractivity contribution in [1.82, 2.24) is 10.6 Å². The van der Waals surface area contributed by atoms with Crippen LogP contribution in [-0.4, -0.2) is 58.6 Å². The largest absolute Gasteiger partial charge is 0.480 e. The molecule has 8 N–H and O–H groups in total. The fourth-order valence-corrected chi connectivity index (χ4v) is 2.11. The molecule has 0 aliphatic heterocycles. The number of amides is 3. The molecule has 26 heavy (non-hydrogen) atoms. The van der Waals surface area contributed by atoms with Gasteiger partial charge in [0.1, 0.15) is 12.1 Å². The van der Waals surface area contributed by atoms with Crippen molar-refractivity contribution in [3.8, 4) is 0 Å². The predicted octanol–water partition coefficient (Wildman–Crippen LogP) is -2.52. The minimum absolute atomic E-state index is 0.200. The molecule has 142 valence electrons. The summed E-state index contributed by atoms with van der Waals surface area (Å²) in [5.41, 5.74) is 11.7. The zero-order valence-corrected chi connectivity index (χ0v) is 13.9. The summed E-state index contributed by atoms with van der Waals surface area (Å²) < 4.78 is 0. The first kappa shape index (κ1) is 21.1. The average Bonchev–Trinajstić information content (AvgIpc) is 2.58. The topological polar surface area (TPSA) is 185 Å². The lowest BCUT2D eigenvalue weighted by molar-refractivity contribution is -0.143. The van der Waals surface area contributed by atoms with Gasteiger partial charge in [-0.1, -0.05) is 30.3 Å². The molecule has 0 aliphatic rings. The number of aliphatic hydroxyl groups excluding tert-OH is 1. The van der Waals surface area contributed by atoms with Gasteiger partial charge in [-0.3, -0.25) is 14.4 Å². The molecule has 10 nitrogen and oxygen atoms in total. The van der Waals surface area contributed by atoms with Gasteiger partial charge in [0, 0.05) is 0 Å². The van der Waals surface area contributed by atoms with E-state index in [4.69, 9.17) is 21.7 Å². The minimum Gasteiger partial charge on any atom is -0.480 e. The van der Waals surface area contributed by atoms with Crippen molar-refractivity contribution in [3.63, 3.8) is 0 Å². The zero-order valence-electron chi connectivity index (χ0n) is 13.9. The van der Waals surface area contributed by atoms with Crippen LogP contribution >= 0.6 is 0 Å². The number of rotatable bonds is 10. The first-order chi connectivity index (χ1) is 12.2. The number of carboxylic acids is 1. The number of primary amides is 1. The Hall–Kier alpha value is -2.98. The van der Waals surface area contributed by atoms with Crippen LogP contribution in [0.25, 0.3) is 0 Å². The van der Waals surface area contributed by atoms with Crippen LogP contribution in [-0.2, 0) is 25.6 Å². The number of carbonyl (C=O) groups excluding carboxylic acids is 3. The Labute approximate surface area is 149 Å². The second-order valence-corrected chi connectivity index (χ2v) is 5.61. The number of hydrogen-bond acceptors (Lipinski definition) is 6. The summed E-state index contributed by atoms with van der Waals surface area (Å²) in [4.78, 5) is 46.3. The van der Waals surface area contributed by atoms with E-state index in [-0.39, 0.29) is 6.42 Å². The van der Waals surface area contributed by atoms with Gasteiger partial charge in [-0.05, 0) is 12.0 Å². The van der Waals surface area contributed by atoms with E-state index in [0.717, 1.165) is 5.56 Å². The Balaban J connectivity index is 2.76. The first-order valence-corrected chi connectivity index (χ1v) is 7.76. The molecule has 3 amide bonds. The van der Waals surface area contributed by atoms with Gasteiger partial charge >= 0.3 is 5.97 Å². The van der Waals surface area contributed by atoms with Gasteiger partial charge in [0.25, 0.3) is 0 Å². The summed E-state index contributed by atoms with van der Waals surface area (Å²) in [6.45, 7) is -0.855. The third kappa shape index (κ3) is 6.87. The fraction of sp³-hybridized carbons (Fsp3) is 0.375. The first-order valence-electron chi connectivity index (χ1n) is 7.76. The Morgan fingerprint density at radius 1 is 1.00 bits per heavy atom. The molecule has 0 fully saturated rings. The third-order valence-electron chi connectivity index (χ3n) is 3.47. The lowest BCUT2D eigenvalue weighted by Crippen LogP contribution is -2.56. The fourth-order valence-electron chi connectivity index (χ4n) is 2.11. The molecule has 0 aliphatic carbocycles. The van der Waals surface area contributed by atoms with E-state index in [1.165, 1.54) is 0 Å². The monoisotopic (exact) mass is 366 g/mol. The van der Waals surface area contributed by atoms with Crippen molar-refractivity contribution in [1.29, 1.82) is 0 Å². The molecule has 0 radical (unpaired) electrons. The normalized spacial score (nSPS) is 13.9. The van der Waals surface area contributed by atoms with Crippen LogP contribution < -0.4 is 22.1 Å². The predicted molar refractivity (Wildman–Crippen MR) is 90.5 cm³/mol. The quantitative estimate of drug-likeness (QED) is 0.264. The molecule has 0 saturated heterocycles. The van der Waals surface area contributed by atoms with Gasteiger partial charge in [-0.15, -0.1) is 0 Å². The van der Waals surface area contributed by atoms with Crippen LogP contribution in [0.1, 0.15) is 12.0 Å². The zero-order chi connectivity index (χ0) is 19.7. The van der Waals surface area contributed by atoms with Crippen molar-refractivity contribution in [3.05, 3.63) is 35.9 Å². The second kappa shape index (κ2) is 10.1. The van der Waals surface area contributed by atoms with E-state index in [2.05, 4.69) is 5.32 Å². The van der Waals surface area contributed by atoms with Gasteiger partial charge in [-0.25, -0.2) is 4.79 Å². The van der Waals surface area contributed by atoms with Crippen LogP contribution in [0.15, 0.2) is 30.3 Å². The van der Waals surface area contributed by atoms with Gasteiger partial charge in [0.15, 0.2) is 0 Å². The molecule has 0 spiro atoms. The summed E-state index contributed by atoms with van der Waals surface area (Å²) in [7, 11) is 0. The highest BCUT2D eigenvalue weighted by Gasteiger charge is 2.28. The summed E-state index contributed by atoms with van der Waals surface area (Å²) in [5, 5.41) is 22.1. The van der Waals surface area contributed by atoms with E-state index in [9.17, 15) is 19.2 Å². The summed E-state index contributed by atoms with van der Waals surface area (Å²) >= 11 is 0. The van der Waals surface area contributed by atoms with Crippen molar-refractivity contribution in [2.75, 3.05) is 6.61 Å². The van der Waals surface area contributed by atoms with Gasteiger partial charge in [-0.2, -0.15) is 0 Å². The molecule has 0 bridgehead atoms. The van der Waals surface area contributed by atoms with E-state index in [1.54, 1.807) is 24.3 Å². The molecule has 3 atom stereocenters. The highest BCUT2D eigenvalue weighted by Crippen LogP contribution is 2.03. The molecule has 1 rings (SSSR count). The van der Waals surface area contributed by atoms with Crippen LogP contribution in [0, 0.1) is 0 Å². The Kier molecular flexibility index (Phi) is 8.19. The maximum atomic E-state index is 12.2. The highest BCUT2D eigenvalue weighted by atomic mass is 16.4. The maximum Gasteiger partial charge on any atom is 0.328 e. The number of nitrogens with one attached hydrogen (secondary N) is 2. The molecule has 1 aromatic carbocycles. The molecule has 1 aromatic rings. The Bertz CT molecular complexity index is 651. The van der Waals surface area contributed by atoms with Crippen molar-refractivity contribution in [2.24, 2.45) is 11.5 Å². The maximum absolute atomic E-state index is 12.2. The molecule has 10 heteroatoms. The SMILES string of the molecule is NC(=O)C[C@H](NC(=O)[C@@H](N)Cc1ccccc1)C(=O)N[C@@H](CO)C(=O)O. The average molecular weight is 366 g/mol. The van der Waals surface area contributed by atoms with E-state index < -0.39 is 54.8 Å². The van der Waals surface area contributed by atoms with Crippen LogP contribution in [0.3, 0.4) is 0 Å². The number of carbonyl (C=O) groups is 4. The standard InChI is InChI=1S/C16H22N4O6/c17-10(6-9-4-2-1-3-5-9)14(23)19-11(7-13(18)22)15(24)20-12(8-21)16(25)26/h1-5,10-12,21H,6-8,17H2,(H2,18,22)(H,19,23)(H,20,24)(H,25,26)/t10-,11-,12-/m0/s1.